The zero-order valence-electron chi connectivity index (χ0n) is 15.8. The van der Waals surface area contributed by atoms with Gasteiger partial charge in [0.2, 0.25) is 0 Å². The number of nitrogens with one attached hydrogen (secondary N) is 1. The molecule has 0 unspecified atom stereocenters. The summed E-state index contributed by atoms with van der Waals surface area (Å²) in [5, 5.41) is 12.7. The minimum Gasteiger partial charge on any atom is -0.488 e. The number of rotatable bonds is 6. The molecule has 3 aromatic carbocycles. The van der Waals surface area contributed by atoms with Crippen LogP contribution < -0.4 is 10.1 Å². The van der Waals surface area contributed by atoms with Gasteiger partial charge in [-0.3, -0.25) is 4.79 Å². The van der Waals surface area contributed by atoms with Crippen molar-refractivity contribution in [2.24, 2.45) is 0 Å². The first-order chi connectivity index (χ1) is 14.9. The number of amides is 1. The lowest BCUT2D eigenvalue weighted by Gasteiger charge is -2.11. The van der Waals surface area contributed by atoms with Gasteiger partial charge in [-0.1, -0.05) is 57.3 Å². The molecule has 0 aromatic heterocycles. The average molecular weight is 520 g/mol. The number of halogens is 4. The smallest absolute Gasteiger partial charge is 0.266 e. The van der Waals surface area contributed by atoms with Gasteiger partial charge in [0.05, 0.1) is 10.0 Å². The van der Waals surface area contributed by atoms with Gasteiger partial charge in [0.25, 0.3) is 5.91 Å². The molecule has 0 atom stereocenters. The lowest BCUT2D eigenvalue weighted by Crippen LogP contribution is -2.13. The molecule has 4 nitrogen and oxygen atoms in total. The van der Waals surface area contributed by atoms with Crippen LogP contribution in [0.2, 0.25) is 10.0 Å². The van der Waals surface area contributed by atoms with Crippen LogP contribution in [-0.4, -0.2) is 5.91 Å². The summed E-state index contributed by atoms with van der Waals surface area (Å²) in [6.45, 7) is -0.00744. The number of carbonyl (C=O) groups is 1. The third-order valence-corrected chi connectivity index (χ3v) is 5.39. The first-order valence-electron chi connectivity index (χ1n) is 8.91. The van der Waals surface area contributed by atoms with Crippen LogP contribution in [0.3, 0.4) is 0 Å². The number of nitrogens with zero attached hydrogens (tertiary/aromatic N) is 1. The predicted molar refractivity (Wildman–Crippen MR) is 124 cm³/mol. The molecule has 0 heterocycles. The van der Waals surface area contributed by atoms with Crippen molar-refractivity contribution in [2.45, 2.75) is 6.61 Å². The van der Waals surface area contributed by atoms with Crippen molar-refractivity contribution < 1.29 is 13.9 Å². The number of hydrogen-bond donors (Lipinski definition) is 1. The highest BCUT2D eigenvalue weighted by molar-refractivity contribution is 9.10. The van der Waals surface area contributed by atoms with Crippen LogP contribution in [0, 0.1) is 17.1 Å². The van der Waals surface area contributed by atoms with Gasteiger partial charge in [-0.05, 0) is 48.5 Å². The zero-order chi connectivity index (χ0) is 22.4. The number of ether oxygens (including phenoxy) is 1. The monoisotopic (exact) mass is 518 g/mol. The molecule has 0 radical (unpaired) electrons. The summed E-state index contributed by atoms with van der Waals surface area (Å²) in [5.74, 6) is -0.613. The van der Waals surface area contributed by atoms with Crippen LogP contribution in [0.4, 0.5) is 10.1 Å². The number of carbonyl (C=O) groups excluding carboxylic acids is 1. The molecule has 3 rings (SSSR count). The Kier molecular flexibility index (Phi) is 7.69. The normalized spacial score (nSPS) is 11.0. The van der Waals surface area contributed by atoms with Gasteiger partial charge in [0, 0.05) is 21.3 Å². The Balaban J connectivity index is 1.84. The molecule has 156 valence electrons. The van der Waals surface area contributed by atoms with E-state index in [2.05, 4.69) is 21.2 Å². The topological polar surface area (TPSA) is 62.1 Å². The fraction of sp³-hybridized carbons (Fsp3) is 0.0435. The van der Waals surface area contributed by atoms with E-state index in [-0.39, 0.29) is 23.0 Å². The summed E-state index contributed by atoms with van der Waals surface area (Å²) in [4.78, 5) is 12.6. The first-order valence-corrected chi connectivity index (χ1v) is 10.5. The summed E-state index contributed by atoms with van der Waals surface area (Å²) >= 11 is 15.2. The molecule has 31 heavy (non-hydrogen) atoms. The van der Waals surface area contributed by atoms with Crippen molar-refractivity contribution in [1.29, 1.82) is 5.26 Å². The minimum absolute atomic E-state index is 0.00744. The van der Waals surface area contributed by atoms with Crippen LogP contribution >= 0.6 is 39.1 Å². The Morgan fingerprint density at radius 2 is 1.90 bits per heavy atom. The van der Waals surface area contributed by atoms with Gasteiger partial charge >= 0.3 is 0 Å². The van der Waals surface area contributed by atoms with E-state index in [9.17, 15) is 14.4 Å². The maximum Gasteiger partial charge on any atom is 0.266 e. The summed E-state index contributed by atoms with van der Waals surface area (Å²) in [5.41, 5.74) is 1.11. The number of anilines is 1. The Morgan fingerprint density at radius 1 is 1.13 bits per heavy atom. The van der Waals surface area contributed by atoms with Crippen LogP contribution in [0.25, 0.3) is 6.08 Å². The van der Waals surface area contributed by atoms with Gasteiger partial charge in [-0.15, -0.1) is 0 Å². The molecule has 0 bridgehead atoms. The third-order valence-electron chi connectivity index (χ3n) is 4.16. The van der Waals surface area contributed by atoms with Gasteiger partial charge in [0.1, 0.15) is 29.8 Å². The lowest BCUT2D eigenvalue weighted by atomic mass is 10.1. The molecule has 0 spiro atoms. The molecule has 0 fully saturated rings. The van der Waals surface area contributed by atoms with Crippen molar-refractivity contribution in [1.82, 2.24) is 0 Å². The molecular weight excluding hydrogens is 506 g/mol. The lowest BCUT2D eigenvalue weighted by molar-refractivity contribution is -0.112. The molecule has 0 aliphatic carbocycles. The highest BCUT2D eigenvalue weighted by Gasteiger charge is 2.13. The second kappa shape index (κ2) is 10.5. The standard InChI is InChI=1S/C23H14BrCl2FN2O2/c24-17-5-8-22(31-13-14-3-1-2-4-21(14)27)15(10-17)9-16(12-28)23(30)29-18-6-7-19(25)20(26)11-18/h1-11H,13H2,(H,29,30)/b16-9+. The minimum atomic E-state index is -0.624. The Bertz CT molecular complexity index is 1210. The highest BCUT2D eigenvalue weighted by atomic mass is 79.9. The average Bonchev–Trinajstić information content (AvgIpc) is 2.75. The summed E-state index contributed by atoms with van der Waals surface area (Å²) in [6, 6.07) is 17.9. The zero-order valence-corrected chi connectivity index (χ0v) is 18.9. The van der Waals surface area contributed by atoms with E-state index in [0.717, 1.165) is 4.47 Å². The van der Waals surface area contributed by atoms with Crippen molar-refractivity contribution >= 4 is 56.8 Å². The molecule has 0 aliphatic heterocycles. The molecule has 8 heteroatoms. The molecule has 0 aliphatic rings. The SMILES string of the molecule is N#C/C(=C\c1cc(Br)ccc1OCc1ccccc1F)C(=O)Nc1ccc(Cl)c(Cl)c1. The molecular formula is C23H14BrCl2FN2O2. The fourth-order valence-corrected chi connectivity index (χ4v) is 3.29. The van der Waals surface area contributed by atoms with E-state index in [1.54, 1.807) is 42.5 Å². The van der Waals surface area contributed by atoms with Crippen molar-refractivity contribution in [3.8, 4) is 11.8 Å². The van der Waals surface area contributed by atoms with E-state index < -0.39 is 5.91 Å². The van der Waals surface area contributed by atoms with E-state index in [1.807, 2.05) is 6.07 Å². The third kappa shape index (κ3) is 6.08. The van der Waals surface area contributed by atoms with Crippen LogP contribution in [-0.2, 0) is 11.4 Å². The number of hydrogen-bond acceptors (Lipinski definition) is 3. The summed E-state index contributed by atoms with van der Waals surface area (Å²) in [7, 11) is 0. The van der Waals surface area contributed by atoms with Gasteiger partial charge in [0.15, 0.2) is 0 Å². The Hall–Kier alpha value is -2.85. The molecule has 3 aromatic rings. The maximum absolute atomic E-state index is 13.9. The molecule has 0 saturated heterocycles. The maximum atomic E-state index is 13.9. The van der Waals surface area contributed by atoms with Crippen molar-refractivity contribution in [2.75, 3.05) is 5.32 Å². The Morgan fingerprint density at radius 3 is 2.61 bits per heavy atom. The fourth-order valence-electron chi connectivity index (χ4n) is 2.61. The van der Waals surface area contributed by atoms with Gasteiger partial charge in [-0.25, -0.2) is 4.39 Å². The van der Waals surface area contributed by atoms with E-state index >= 15 is 0 Å². The van der Waals surface area contributed by atoms with Gasteiger partial charge < -0.3 is 10.1 Å². The number of nitriles is 1. The van der Waals surface area contributed by atoms with Crippen LogP contribution in [0.1, 0.15) is 11.1 Å². The summed E-state index contributed by atoms with van der Waals surface area (Å²) in [6.07, 6.45) is 1.40. The van der Waals surface area contributed by atoms with E-state index in [4.69, 9.17) is 27.9 Å². The second-order valence-electron chi connectivity index (χ2n) is 6.32. The molecule has 0 saturated carbocycles. The van der Waals surface area contributed by atoms with Gasteiger partial charge in [-0.2, -0.15) is 5.26 Å². The first kappa shape index (κ1) is 22.8. The Labute approximate surface area is 197 Å². The summed E-state index contributed by atoms with van der Waals surface area (Å²) < 4.78 is 20.3. The van der Waals surface area contributed by atoms with E-state index in [1.165, 1.54) is 24.3 Å². The second-order valence-corrected chi connectivity index (χ2v) is 8.05. The van der Waals surface area contributed by atoms with Crippen LogP contribution in [0.5, 0.6) is 5.75 Å². The number of benzene rings is 3. The highest BCUT2D eigenvalue weighted by Crippen LogP contribution is 2.28. The quantitative estimate of drug-likeness (QED) is 0.281. The van der Waals surface area contributed by atoms with Crippen molar-refractivity contribution in [3.63, 3.8) is 0 Å². The van der Waals surface area contributed by atoms with E-state index in [0.29, 0.717) is 27.6 Å². The molecule has 1 N–H and O–H groups in total. The predicted octanol–water partition coefficient (Wildman–Crippen LogP) is 7.02. The molecule has 1 amide bonds. The van der Waals surface area contributed by atoms with Crippen LogP contribution in [0.15, 0.2) is 70.7 Å². The van der Waals surface area contributed by atoms with Crippen molar-refractivity contribution in [3.05, 3.63) is 97.7 Å². The largest absolute Gasteiger partial charge is 0.488 e.